The van der Waals surface area contributed by atoms with Gasteiger partial charge in [-0.1, -0.05) is 13.8 Å². The molecule has 0 bridgehead atoms. The molecule has 0 amide bonds. The summed E-state index contributed by atoms with van der Waals surface area (Å²) in [7, 11) is 0. The van der Waals surface area contributed by atoms with Crippen molar-refractivity contribution in [1.82, 2.24) is 14.5 Å². The van der Waals surface area contributed by atoms with E-state index in [0.717, 1.165) is 12.1 Å². The molecule has 0 aliphatic rings. The monoisotopic (exact) mass is 339 g/mol. The van der Waals surface area contributed by atoms with Crippen LogP contribution in [0.15, 0.2) is 42.7 Å². The highest BCUT2D eigenvalue weighted by Gasteiger charge is 2.14. The third-order valence-corrected chi connectivity index (χ3v) is 4.16. The molecule has 2 N–H and O–H groups in total. The summed E-state index contributed by atoms with van der Waals surface area (Å²) in [6.07, 6.45) is 4.42. The van der Waals surface area contributed by atoms with Gasteiger partial charge < -0.3 is 10.2 Å². The molecule has 0 aliphatic heterocycles. The van der Waals surface area contributed by atoms with Crippen LogP contribution in [0, 0.1) is 5.92 Å². The number of benzene rings is 1. The second-order valence-electron chi connectivity index (χ2n) is 6.53. The number of carboxylic acids is 1. The van der Waals surface area contributed by atoms with Gasteiger partial charge >= 0.3 is 5.97 Å². The van der Waals surface area contributed by atoms with Gasteiger partial charge in [0.25, 0.3) is 0 Å². The smallest absolute Gasteiger partial charge is 0.335 e. The summed E-state index contributed by atoms with van der Waals surface area (Å²) in [4.78, 5) is 19.9. The molecule has 6 heteroatoms. The van der Waals surface area contributed by atoms with Crippen molar-refractivity contribution in [3.8, 4) is 5.69 Å². The molecule has 0 saturated heterocycles. The van der Waals surface area contributed by atoms with Crippen molar-refractivity contribution in [1.29, 1.82) is 0 Å². The number of fused-ring (bicyclic) bond motifs is 1. The zero-order chi connectivity index (χ0) is 18.0. The minimum atomic E-state index is -0.955. The summed E-state index contributed by atoms with van der Waals surface area (Å²) >= 11 is 0. The van der Waals surface area contributed by atoms with Gasteiger partial charge in [0.15, 0.2) is 5.65 Å². The predicted molar refractivity (Wildman–Crippen MR) is 94.9 cm³/mol. The zero-order valence-electron chi connectivity index (χ0n) is 14.3. The lowest BCUT2D eigenvalue weighted by atomic mass is 10.0. The number of nitrogens with zero attached hydrogens (tertiary/aromatic N) is 3. The number of hydrogen-bond acceptors (Lipinski definition) is 4. The molecule has 1 unspecified atom stereocenters. The summed E-state index contributed by atoms with van der Waals surface area (Å²) in [6, 6.07) is 8.42. The standard InChI is InChI=1S/C19H21N3O3/c1-12(2)3-8-17(23)16-11-20-18-15(21-16)9-10-22(18)14-6-4-13(5-7-14)19(24)25/h4-7,9-12,17,23H,3,8H2,1-2H3,(H,24,25). The van der Waals surface area contributed by atoms with E-state index in [9.17, 15) is 9.90 Å². The molecule has 0 radical (unpaired) electrons. The lowest BCUT2D eigenvalue weighted by Gasteiger charge is -2.11. The highest BCUT2D eigenvalue weighted by atomic mass is 16.4. The maximum absolute atomic E-state index is 11.0. The van der Waals surface area contributed by atoms with Crippen LogP contribution in [0.5, 0.6) is 0 Å². The normalized spacial score (nSPS) is 12.6. The molecule has 0 fully saturated rings. The number of aromatic carboxylic acids is 1. The van der Waals surface area contributed by atoms with E-state index in [0.29, 0.717) is 29.2 Å². The van der Waals surface area contributed by atoms with Crippen molar-refractivity contribution in [3.63, 3.8) is 0 Å². The fourth-order valence-electron chi connectivity index (χ4n) is 2.70. The number of hydrogen-bond donors (Lipinski definition) is 2. The van der Waals surface area contributed by atoms with Crippen LogP contribution in [0.4, 0.5) is 0 Å². The number of carbonyl (C=O) groups is 1. The molecular formula is C19H21N3O3. The van der Waals surface area contributed by atoms with Crippen LogP contribution in [0.3, 0.4) is 0 Å². The second kappa shape index (κ2) is 7.03. The van der Waals surface area contributed by atoms with Gasteiger partial charge in [-0.15, -0.1) is 0 Å². The molecule has 1 aromatic carbocycles. The largest absolute Gasteiger partial charge is 0.478 e. The molecule has 2 aromatic heterocycles. The van der Waals surface area contributed by atoms with Gasteiger partial charge in [-0.25, -0.2) is 14.8 Å². The Morgan fingerprint density at radius 2 is 1.88 bits per heavy atom. The summed E-state index contributed by atoms with van der Waals surface area (Å²) in [6.45, 7) is 4.24. The van der Waals surface area contributed by atoms with Crippen molar-refractivity contribution >= 4 is 17.1 Å². The number of carboxylic acid groups (broad SMARTS) is 1. The Balaban J connectivity index is 1.88. The van der Waals surface area contributed by atoms with Gasteiger partial charge in [0, 0.05) is 11.9 Å². The zero-order valence-corrected chi connectivity index (χ0v) is 14.3. The minimum absolute atomic E-state index is 0.238. The molecule has 0 saturated carbocycles. The van der Waals surface area contributed by atoms with Crippen molar-refractivity contribution < 1.29 is 15.0 Å². The molecule has 0 spiro atoms. The summed E-state index contributed by atoms with van der Waals surface area (Å²) in [5, 5.41) is 19.3. The van der Waals surface area contributed by atoms with E-state index in [1.54, 1.807) is 30.5 Å². The van der Waals surface area contributed by atoms with Crippen molar-refractivity contribution in [2.45, 2.75) is 32.8 Å². The quantitative estimate of drug-likeness (QED) is 0.716. The summed E-state index contributed by atoms with van der Waals surface area (Å²) in [5.74, 6) is -0.426. The summed E-state index contributed by atoms with van der Waals surface area (Å²) < 4.78 is 1.85. The van der Waals surface area contributed by atoms with Gasteiger partial charge in [-0.3, -0.25) is 4.57 Å². The van der Waals surface area contributed by atoms with Gasteiger partial charge in [-0.05, 0) is 49.1 Å². The highest BCUT2D eigenvalue weighted by molar-refractivity contribution is 5.87. The van der Waals surface area contributed by atoms with Crippen LogP contribution in [0.1, 0.15) is 48.8 Å². The van der Waals surface area contributed by atoms with Crippen molar-refractivity contribution in [2.24, 2.45) is 5.92 Å². The van der Waals surface area contributed by atoms with E-state index in [1.807, 2.05) is 16.8 Å². The van der Waals surface area contributed by atoms with Crippen LogP contribution < -0.4 is 0 Å². The lowest BCUT2D eigenvalue weighted by Crippen LogP contribution is -2.04. The van der Waals surface area contributed by atoms with E-state index in [4.69, 9.17) is 5.11 Å². The number of aliphatic hydroxyl groups excluding tert-OH is 1. The SMILES string of the molecule is CC(C)CCC(O)c1cnc2c(ccn2-c2ccc(C(=O)O)cc2)n1. The van der Waals surface area contributed by atoms with Gasteiger partial charge in [-0.2, -0.15) is 0 Å². The maximum Gasteiger partial charge on any atom is 0.335 e. The fourth-order valence-corrected chi connectivity index (χ4v) is 2.70. The number of aliphatic hydroxyl groups is 1. The van der Waals surface area contributed by atoms with E-state index >= 15 is 0 Å². The maximum atomic E-state index is 11.0. The van der Waals surface area contributed by atoms with Gasteiger partial charge in [0.05, 0.1) is 23.6 Å². The van der Waals surface area contributed by atoms with Crippen LogP contribution in [0.25, 0.3) is 16.9 Å². The first-order chi connectivity index (χ1) is 12.0. The molecule has 2 heterocycles. The van der Waals surface area contributed by atoms with Crippen LogP contribution in [0.2, 0.25) is 0 Å². The number of aromatic nitrogens is 3. The Labute approximate surface area is 145 Å². The van der Waals surface area contributed by atoms with E-state index < -0.39 is 12.1 Å². The third-order valence-electron chi connectivity index (χ3n) is 4.16. The van der Waals surface area contributed by atoms with Gasteiger partial charge in [0.2, 0.25) is 0 Å². The van der Waals surface area contributed by atoms with E-state index in [1.165, 1.54) is 0 Å². The number of rotatable bonds is 6. The first-order valence-electron chi connectivity index (χ1n) is 8.31. The third kappa shape index (κ3) is 3.69. The highest BCUT2D eigenvalue weighted by Crippen LogP contribution is 2.23. The van der Waals surface area contributed by atoms with Crippen LogP contribution in [-0.2, 0) is 0 Å². The lowest BCUT2D eigenvalue weighted by molar-refractivity contribution is 0.0697. The molecule has 130 valence electrons. The predicted octanol–water partition coefficient (Wildman–Crippen LogP) is 3.59. The Kier molecular flexibility index (Phi) is 4.81. The first-order valence-corrected chi connectivity index (χ1v) is 8.31. The summed E-state index contributed by atoms with van der Waals surface area (Å²) in [5.41, 5.74) is 2.99. The molecular weight excluding hydrogens is 318 g/mol. The molecule has 3 aromatic rings. The molecule has 0 aliphatic carbocycles. The van der Waals surface area contributed by atoms with Gasteiger partial charge in [0.1, 0.15) is 5.52 Å². The fraction of sp³-hybridized carbons (Fsp3) is 0.316. The Hall–Kier alpha value is -2.73. The molecule has 25 heavy (non-hydrogen) atoms. The molecule has 6 nitrogen and oxygen atoms in total. The topological polar surface area (TPSA) is 88.2 Å². The first kappa shape index (κ1) is 17.1. The second-order valence-corrected chi connectivity index (χ2v) is 6.53. The Bertz CT molecular complexity index is 885. The Morgan fingerprint density at radius 1 is 1.16 bits per heavy atom. The average molecular weight is 339 g/mol. The van der Waals surface area contributed by atoms with Crippen LogP contribution >= 0.6 is 0 Å². The van der Waals surface area contributed by atoms with E-state index in [-0.39, 0.29) is 5.56 Å². The molecule has 3 rings (SSSR count). The van der Waals surface area contributed by atoms with E-state index in [2.05, 4.69) is 23.8 Å². The average Bonchev–Trinajstić information content (AvgIpc) is 3.02. The molecule has 1 atom stereocenters. The Morgan fingerprint density at radius 3 is 2.52 bits per heavy atom. The van der Waals surface area contributed by atoms with Crippen LogP contribution in [-0.4, -0.2) is 30.7 Å². The minimum Gasteiger partial charge on any atom is -0.478 e. The van der Waals surface area contributed by atoms with Crippen molar-refractivity contribution in [2.75, 3.05) is 0 Å². The van der Waals surface area contributed by atoms with Crippen molar-refractivity contribution in [3.05, 3.63) is 54.0 Å².